The van der Waals surface area contributed by atoms with Gasteiger partial charge in [0, 0.05) is 12.1 Å². The molecule has 6 nitrogen and oxygen atoms in total. The smallest absolute Gasteiger partial charge is 0.264 e. The van der Waals surface area contributed by atoms with E-state index in [9.17, 15) is 0 Å². The van der Waals surface area contributed by atoms with E-state index in [1.54, 1.807) is 19.2 Å². The molecule has 1 aromatic heterocycles. The summed E-state index contributed by atoms with van der Waals surface area (Å²) in [4.78, 5) is 3.93. The molecule has 2 rings (SSSR count). The molecule has 0 atom stereocenters. The van der Waals surface area contributed by atoms with Crippen molar-refractivity contribution in [1.29, 1.82) is 0 Å². The molecule has 1 aromatic carbocycles. The molecule has 0 spiro atoms. The van der Waals surface area contributed by atoms with Gasteiger partial charge in [-0.05, 0) is 16.8 Å². The third-order valence-corrected chi connectivity index (χ3v) is 2.49. The minimum Gasteiger partial charge on any atom is -0.496 e. The van der Waals surface area contributed by atoms with Gasteiger partial charge >= 0.3 is 0 Å². The van der Waals surface area contributed by atoms with Crippen molar-refractivity contribution < 1.29 is 18.7 Å². The number of ether oxygens (including phenoxy) is 3. The second-order valence-electron chi connectivity index (χ2n) is 3.28. The van der Waals surface area contributed by atoms with Crippen molar-refractivity contribution in [3.05, 3.63) is 17.4 Å². The zero-order valence-corrected chi connectivity index (χ0v) is 10.8. The molecular formula is C11H11ClN2O4. The monoisotopic (exact) mass is 270 g/mol. The van der Waals surface area contributed by atoms with E-state index < -0.39 is 0 Å². The topological polar surface area (TPSA) is 66.6 Å². The van der Waals surface area contributed by atoms with Crippen LogP contribution in [0.2, 0.25) is 5.28 Å². The normalized spacial score (nSPS) is 10.2. The standard InChI is InChI=1S/C11H11ClN2O4/c1-15-7-5-9(17-3)8(16-2)4-6(7)10-13-11(12)14-18-10/h4-5H,1-3H3. The predicted molar refractivity (Wildman–Crippen MR) is 64.4 cm³/mol. The fourth-order valence-corrected chi connectivity index (χ4v) is 1.62. The third kappa shape index (κ3) is 2.19. The van der Waals surface area contributed by atoms with Crippen LogP contribution in [0.5, 0.6) is 17.2 Å². The van der Waals surface area contributed by atoms with Crippen LogP contribution >= 0.6 is 11.6 Å². The van der Waals surface area contributed by atoms with Gasteiger partial charge in [-0.15, -0.1) is 0 Å². The van der Waals surface area contributed by atoms with Gasteiger partial charge in [0.25, 0.3) is 11.2 Å². The molecule has 0 unspecified atom stereocenters. The van der Waals surface area contributed by atoms with Gasteiger partial charge in [-0.3, -0.25) is 0 Å². The van der Waals surface area contributed by atoms with Crippen LogP contribution in [-0.2, 0) is 0 Å². The molecule has 0 saturated heterocycles. The van der Waals surface area contributed by atoms with Crippen molar-refractivity contribution in [2.75, 3.05) is 21.3 Å². The quantitative estimate of drug-likeness (QED) is 0.850. The lowest BCUT2D eigenvalue weighted by molar-refractivity contribution is 0.348. The lowest BCUT2D eigenvalue weighted by Crippen LogP contribution is -1.94. The van der Waals surface area contributed by atoms with Crippen LogP contribution in [0, 0.1) is 0 Å². The van der Waals surface area contributed by atoms with Crippen molar-refractivity contribution in [2.24, 2.45) is 0 Å². The molecule has 0 N–H and O–H groups in total. The van der Waals surface area contributed by atoms with E-state index in [1.807, 2.05) is 0 Å². The van der Waals surface area contributed by atoms with Gasteiger partial charge in [0.15, 0.2) is 11.5 Å². The van der Waals surface area contributed by atoms with Crippen LogP contribution in [-0.4, -0.2) is 31.5 Å². The second-order valence-corrected chi connectivity index (χ2v) is 3.61. The van der Waals surface area contributed by atoms with Gasteiger partial charge in [-0.2, -0.15) is 4.98 Å². The molecule has 96 valence electrons. The van der Waals surface area contributed by atoms with Crippen molar-refractivity contribution in [2.45, 2.75) is 0 Å². The van der Waals surface area contributed by atoms with Crippen LogP contribution in [0.15, 0.2) is 16.7 Å². The van der Waals surface area contributed by atoms with Crippen LogP contribution < -0.4 is 14.2 Å². The summed E-state index contributed by atoms with van der Waals surface area (Å²) >= 11 is 5.63. The number of benzene rings is 1. The number of methoxy groups -OCH3 is 3. The van der Waals surface area contributed by atoms with Gasteiger partial charge in [-0.25, -0.2) is 0 Å². The first-order valence-electron chi connectivity index (χ1n) is 4.99. The molecule has 18 heavy (non-hydrogen) atoms. The zero-order valence-electron chi connectivity index (χ0n) is 10.1. The number of nitrogens with zero attached hydrogens (tertiary/aromatic N) is 2. The summed E-state index contributed by atoms with van der Waals surface area (Å²) in [7, 11) is 4.61. The van der Waals surface area contributed by atoms with E-state index in [0.29, 0.717) is 22.8 Å². The Bertz CT molecular complexity index is 556. The predicted octanol–water partition coefficient (Wildman–Crippen LogP) is 2.42. The average Bonchev–Trinajstić information content (AvgIpc) is 2.83. The summed E-state index contributed by atoms with van der Waals surface area (Å²) in [5, 5.41) is 3.55. The molecule has 0 bridgehead atoms. The van der Waals surface area contributed by atoms with Crippen molar-refractivity contribution in [1.82, 2.24) is 10.1 Å². The van der Waals surface area contributed by atoms with Gasteiger partial charge in [0.05, 0.1) is 26.9 Å². The first-order chi connectivity index (χ1) is 8.69. The number of hydrogen-bond acceptors (Lipinski definition) is 6. The van der Waals surface area contributed by atoms with E-state index in [1.165, 1.54) is 14.2 Å². The summed E-state index contributed by atoms with van der Waals surface area (Å²) < 4.78 is 20.6. The van der Waals surface area contributed by atoms with Crippen molar-refractivity contribution >= 4 is 11.6 Å². The summed E-state index contributed by atoms with van der Waals surface area (Å²) in [6.07, 6.45) is 0. The second kappa shape index (κ2) is 5.14. The highest BCUT2D eigenvalue weighted by molar-refractivity contribution is 6.28. The van der Waals surface area contributed by atoms with Crippen LogP contribution in [0.4, 0.5) is 0 Å². The Kier molecular flexibility index (Phi) is 3.57. The number of rotatable bonds is 4. The minimum atomic E-state index is 0.0295. The molecule has 0 amide bonds. The summed E-state index contributed by atoms with van der Waals surface area (Å²) in [5.41, 5.74) is 0.578. The Morgan fingerprint density at radius 1 is 1.00 bits per heavy atom. The lowest BCUT2D eigenvalue weighted by atomic mass is 10.1. The molecule has 0 aliphatic carbocycles. The molecule has 0 radical (unpaired) electrons. The first-order valence-corrected chi connectivity index (χ1v) is 5.37. The van der Waals surface area contributed by atoms with E-state index in [-0.39, 0.29) is 11.2 Å². The number of halogens is 1. The summed E-state index contributed by atoms with van der Waals surface area (Å²) in [6.45, 7) is 0. The van der Waals surface area contributed by atoms with E-state index in [4.69, 9.17) is 30.3 Å². The van der Waals surface area contributed by atoms with Crippen LogP contribution in [0.3, 0.4) is 0 Å². The Labute approximate surface area is 108 Å². The van der Waals surface area contributed by atoms with Crippen molar-refractivity contribution in [3.63, 3.8) is 0 Å². The molecule has 0 saturated carbocycles. The molecule has 7 heteroatoms. The maximum Gasteiger partial charge on any atom is 0.264 e. The zero-order chi connectivity index (χ0) is 13.1. The molecule has 0 fully saturated rings. The highest BCUT2D eigenvalue weighted by Gasteiger charge is 2.17. The first kappa shape index (κ1) is 12.5. The van der Waals surface area contributed by atoms with Gasteiger partial charge in [-0.1, -0.05) is 0 Å². The highest BCUT2D eigenvalue weighted by atomic mass is 35.5. The minimum absolute atomic E-state index is 0.0295. The molecular weight excluding hydrogens is 260 g/mol. The fourth-order valence-electron chi connectivity index (χ4n) is 1.51. The molecule has 0 aliphatic rings. The molecule has 0 aliphatic heterocycles. The van der Waals surface area contributed by atoms with E-state index >= 15 is 0 Å². The Balaban J connectivity index is 2.58. The Hall–Kier alpha value is -1.95. The Morgan fingerprint density at radius 3 is 2.11 bits per heavy atom. The summed E-state index contributed by atoms with van der Waals surface area (Å²) in [5.74, 6) is 1.84. The number of hydrogen-bond donors (Lipinski definition) is 0. The van der Waals surface area contributed by atoms with Gasteiger partial charge in [0.1, 0.15) is 5.75 Å². The van der Waals surface area contributed by atoms with Crippen LogP contribution in [0.25, 0.3) is 11.5 Å². The maximum atomic E-state index is 5.63. The highest BCUT2D eigenvalue weighted by Crippen LogP contribution is 2.39. The van der Waals surface area contributed by atoms with E-state index in [0.717, 1.165) is 0 Å². The molecule has 2 aromatic rings. The van der Waals surface area contributed by atoms with Gasteiger partial charge < -0.3 is 18.7 Å². The van der Waals surface area contributed by atoms with Crippen LogP contribution in [0.1, 0.15) is 0 Å². The molecule has 1 heterocycles. The average molecular weight is 271 g/mol. The largest absolute Gasteiger partial charge is 0.496 e. The van der Waals surface area contributed by atoms with E-state index in [2.05, 4.69) is 10.1 Å². The fraction of sp³-hybridized carbons (Fsp3) is 0.273. The third-order valence-electron chi connectivity index (χ3n) is 2.34. The van der Waals surface area contributed by atoms with Gasteiger partial charge in [0.2, 0.25) is 0 Å². The van der Waals surface area contributed by atoms with Crippen molar-refractivity contribution in [3.8, 4) is 28.7 Å². The Morgan fingerprint density at radius 2 is 1.61 bits per heavy atom. The summed E-state index contributed by atoms with van der Waals surface area (Å²) in [6, 6.07) is 3.35. The SMILES string of the molecule is COc1cc(OC)c(-c2nc(Cl)no2)cc1OC. The maximum absolute atomic E-state index is 5.63. The number of aromatic nitrogens is 2. The lowest BCUT2D eigenvalue weighted by Gasteiger charge is -2.11.